The number of ether oxygens (including phenoxy) is 1. The first kappa shape index (κ1) is 13.3. The lowest BCUT2D eigenvalue weighted by Crippen LogP contribution is -2.09. The molecule has 1 aromatic rings. The minimum atomic E-state index is 0.622. The molecule has 0 saturated carbocycles. The summed E-state index contributed by atoms with van der Waals surface area (Å²) in [6, 6.07) is 4.31. The zero-order valence-electron chi connectivity index (χ0n) is 11.5. The van der Waals surface area contributed by atoms with Gasteiger partial charge in [-0.25, -0.2) is 4.98 Å². The van der Waals surface area contributed by atoms with E-state index in [1.54, 1.807) is 0 Å². The van der Waals surface area contributed by atoms with Gasteiger partial charge in [0, 0.05) is 25.5 Å². The number of fused-ring (bicyclic) bond motifs is 1. The molecule has 18 heavy (non-hydrogen) atoms. The fourth-order valence-electron chi connectivity index (χ4n) is 2.23. The lowest BCUT2D eigenvalue weighted by atomic mass is 10.2. The van der Waals surface area contributed by atoms with E-state index in [2.05, 4.69) is 36.3 Å². The Labute approximate surface area is 110 Å². The van der Waals surface area contributed by atoms with Crippen molar-refractivity contribution >= 4 is 5.82 Å². The lowest BCUT2D eigenvalue weighted by Gasteiger charge is -2.09. The average Bonchev–Trinajstić information content (AvgIpc) is 2.80. The largest absolute Gasteiger partial charge is 0.381 e. The van der Waals surface area contributed by atoms with Crippen LogP contribution < -0.4 is 5.32 Å². The van der Waals surface area contributed by atoms with Crippen molar-refractivity contribution in [1.82, 2.24) is 4.98 Å². The van der Waals surface area contributed by atoms with Gasteiger partial charge in [0.05, 0.1) is 0 Å². The van der Waals surface area contributed by atoms with Gasteiger partial charge in [-0.2, -0.15) is 0 Å². The van der Waals surface area contributed by atoms with Crippen molar-refractivity contribution in [3.8, 4) is 0 Å². The van der Waals surface area contributed by atoms with Crippen LogP contribution in [0.2, 0.25) is 0 Å². The van der Waals surface area contributed by atoms with Gasteiger partial charge in [0.25, 0.3) is 0 Å². The van der Waals surface area contributed by atoms with Gasteiger partial charge in [0.2, 0.25) is 0 Å². The van der Waals surface area contributed by atoms with Crippen LogP contribution in [0.5, 0.6) is 0 Å². The average molecular weight is 248 g/mol. The van der Waals surface area contributed by atoms with E-state index in [4.69, 9.17) is 4.74 Å². The van der Waals surface area contributed by atoms with E-state index in [1.165, 1.54) is 24.1 Å². The van der Waals surface area contributed by atoms with Crippen LogP contribution in [-0.4, -0.2) is 24.7 Å². The van der Waals surface area contributed by atoms with E-state index in [9.17, 15) is 0 Å². The molecule has 0 aliphatic heterocycles. The Balaban J connectivity index is 1.65. The molecule has 0 fully saturated rings. The Morgan fingerprint density at radius 1 is 1.33 bits per heavy atom. The summed E-state index contributed by atoms with van der Waals surface area (Å²) < 4.78 is 5.55. The molecule has 0 atom stereocenters. The van der Waals surface area contributed by atoms with Gasteiger partial charge in [-0.3, -0.25) is 0 Å². The molecule has 1 aliphatic rings. The van der Waals surface area contributed by atoms with Crippen molar-refractivity contribution in [3.63, 3.8) is 0 Å². The lowest BCUT2D eigenvalue weighted by molar-refractivity contribution is 0.110. The van der Waals surface area contributed by atoms with E-state index in [0.29, 0.717) is 5.92 Å². The highest BCUT2D eigenvalue weighted by molar-refractivity contribution is 5.40. The molecule has 0 spiro atoms. The number of pyridine rings is 1. The second-order valence-electron chi connectivity index (χ2n) is 5.40. The number of aromatic nitrogens is 1. The summed E-state index contributed by atoms with van der Waals surface area (Å²) in [5.74, 6) is 1.64. The smallest absolute Gasteiger partial charge is 0.126 e. The van der Waals surface area contributed by atoms with Crippen molar-refractivity contribution in [2.24, 2.45) is 5.92 Å². The molecule has 0 aromatic carbocycles. The maximum absolute atomic E-state index is 5.55. The maximum atomic E-state index is 5.55. The van der Waals surface area contributed by atoms with E-state index < -0.39 is 0 Å². The summed E-state index contributed by atoms with van der Waals surface area (Å²) in [5.41, 5.74) is 2.72. The number of anilines is 1. The third kappa shape index (κ3) is 3.98. The monoisotopic (exact) mass is 248 g/mol. The molecular formula is C15H24N2O. The highest BCUT2D eigenvalue weighted by atomic mass is 16.5. The maximum Gasteiger partial charge on any atom is 0.126 e. The fraction of sp³-hybridized carbons (Fsp3) is 0.667. The third-order valence-electron chi connectivity index (χ3n) is 3.15. The minimum absolute atomic E-state index is 0.622. The Hall–Kier alpha value is -1.09. The molecule has 0 unspecified atom stereocenters. The second kappa shape index (κ2) is 6.74. The molecular weight excluding hydrogens is 224 g/mol. The molecule has 0 radical (unpaired) electrons. The molecule has 1 N–H and O–H groups in total. The third-order valence-corrected chi connectivity index (χ3v) is 3.15. The standard InChI is InChI=1S/C15H24N2O/c1-12(2)11-18-10-4-9-16-15-8-7-13-5-3-6-14(13)17-15/h7-8,12H,3-6,9-11H2,1-2H3,(H,16,17). The van der Waals surface area contributed by atoms with Crippen LogP contribution in [-0.2, 0) is 17.6 Å². The zero-order chi connectivity index (χ0) is 12.8. The Morgan fingerprint density at radius 3 is 3.06 bits per heavy atom. The first-order valence-electron chi connectivity index (χ1n) is 7.06. The predicted octanol–water partition coefficient (Wildman–Crippen LogP) is 3.04. The summed E-state index contributed by atoms with van der Waals surface area (Å²) in [5, 5.41) is 3.37. The summed E-state index contributed by atoms with van der Waals surface area (Å²) in [4.78, 5) is 4.65. The molecule has 0 amide bonds. The summed E-state index contributed by atoms with van der Waals surface area (Å²) in [6.07, 6.45) is 4.63. The van der Waals surface area contributed by atoms with Gasteiger partial charge in [0.1, 0.15) is 5.82 Å². The quantitative estimate of drug-likeness (QED) is 0.753. The van der Waals surface area contributed by atoms with Crippen LogP contribution in [0.3, 0.4) is 0 Å². The topological polar surface area (TPSA) is 34.1 Å². The Bertz CT molecular complexity index is 377. The normalized spacial score (nSPS) is 13.9. The number of hydrogen-bond acceptors (Lipinski definition) is 3. The van der Waals surface area contributed by atoms with Crippen molar-refractivity contribution < 1.29 is 4.74 Å². The van der Waals surface area contributed by atoms with E-state index in [0.717, 1.165) is 38.4 Å². The number of nitrogens with zero attached hydrogens (tertiary/aromatic N) is 1. The number of aryl methyl sites for hydroxylation is 2. The van der Waals surface area contributed by atoms with Crippen molar-refractivity contribution in [1.29, 1.82) is 0 Å². The number of nitrogens with one attached hydrogen (secondary N) is 1. The minimum Gasteiger partial charge on any atom is -0.381 e. The van der Waals surface area contributed by atoms with Gasteiger partial charge in [-0.05, 0) is 43.2 Å². The molecule has 1 heterocycles. The van der Waals surface area contributed by atoms with Gasteiger partial charge in [0.15, 0.2) is 0 Å². The summed E-state index contributed by atoms with van der Waals surface area (Å²) in [7, 11) is 0. The first-order valence-corrected chi connectivity index (χ1v) is 7.06. The highest BCUT2D eigenvalue weighted by Crippen LogP contribution is 2.21. The van der Waals surface area contributed by atoms with Gasteiger partial charge >= 0.3 is 0 Å². The number of rotatable bonds is 7. The van der Waals surface area contributed by atoms with Crippen LogP contribution in [0.1, 0.15) is 37.9 Å². The molecule has 3 heteroatoms. The molecule has 1 aromatic heterocycles. The zero-order valence-corrected chi connectivity index (χ0v) is 11.5. The summed E-state index contributed by atoms with van der Waals surface area (Å²) in [6.45, 7) is 6.97. The van der Waals surface area contributed by atoms with E-state index in [-0.39, 0.29) is 0 Å². The van der Waals surface area contributed by atoms with Crippen LogP contribution in [0.4, 0.5) is 5.82 Å². The molecule has 100 valence electrons. The highest BCUT2D eigenvalue weighted by Gasteiger charge is 2.11. The van der Waals surface area contributed by atoms with Gasteiger partial charge in [-0.15, -0.1) is 0 Å². The van der Waals surface area contributed by atoms with Crippen molar-refractivity contribution in [3.05, 3.63) is 23.4 Å². The summed E-state index contributed by atoms with van der Waals surface area (Å²) >= 11 is 0. The van der Waals surface area contributed by atoms with E-state index in [1.807, 2.05) is 0 Å². The van der Waals surface area contributed by atoms with Gasteiger partial charge in [-0.1, -0.05) is 19.9 Å². The second-order valence-corrected chi connectivity index (χ2v) is 5.40. The van der Waals surface area contributed by atoms with Crippen LogP contribution >= 0.6 is 0 Å². The van der Waals surface area contributed by atoms with Gasteiger partial charge < -0.3 is 10.1 Å². The molecule has 0 saturated heterocycles. The molecule has 3 nitrogen and oxygen atoms in total. The van der Waals surface area contributed by atoms with Crippen molar-refractivity contribution in [2.45, 2.75) is 39.5 Å². The molecule has 2 rings (SSSR count). The van der Waals surface area contributed by atoms with Crippen LogP contribution in [0, 0.1) is 5.92 Å². The molecule has 1 aliphatic carbocycles. The first-order chi connectivity index (χ1) is 8.75. The Morgan fingerprint density at radius 2 is 2.22 bits per heavy atom. The predicted molar refractivity (Wildman–Crippen MR) is 75.0 cm³/mol. The molecule has 0 bridgehead atoms. The van der Waals surface area contributed by atoms with E-state index >= 15 is 0 Å². The number of hydrogen-bond donors (Lipinski definition) is 1. The Kier molecular flexibility index (Phi) is 5.00. The van der Waals surface area contributed by atoms with Crippen LogP contribution in [0.15, 0.2) is 12.1 Å². The fourth-order valence-corrected chi connectivity index (χ4v) is 2.23. The SMILES string of the molecule is CC(C)COCCCNc1ccc2c(n1)CCC2. The van der Waals surface area contributed by atoms with Crippen LogP contribution in [0.25, 0.3) is 0 Å². The van der Waals surface area contributed by atoms with Crippen molar-refractivity contribution in [2.75, 3.05) is 25.1 Å².